The number of carbonyl (C=O) groups excluding carboxylic acids is 2. The van der Waals surface area contributed by atoms with Gasteiger partial charge in [-0.15, -0.1) is 11.3 Å². The summed E-state index contributed by atoms with van der Waals surface area (Å²) in [6, 6.07) is 9.88. The quantitative estimate of drug-likeness (QED) is 0.641. The molecule has 0 aromatic carbocycles. The van der Waals surface area contributed by atoms with Gasteiger partial charge in [-0.3, -0.25) is 9.59 Å². The van der Waals surface area contributed by atoms with Gasteiger partial charge in [0.25, 0.3) is 11.8 Å². The lowest BCUT2D eigenvalue weighted by Gasteiger charge is -2.29. The Balaban J connectivity index is 1.67. The van der Waals surface area contributed by atoms with Crippen molar-refractivity contribution in [2.75, 3.05) is 0 Å². The predicted molar refractivity (Wildman–Crippen MR) is 105 cm³/mol. The third kappa shape index (κ3) is 4.04. The summed E-state index contributed by atoms with van der Waals surface area (Å²) in [4.78, 5) is 29.0. The Hall–Kier alpha value is -2.80. The van der Waals surface area contributed by atoms with Gasteiger partial charge < -0.3 is 19.1 Å². The van der Waals surface area contributed by atoms with Gasteiger partial charge in [0, 0.05) is 10.9 Å². The fourth-order valence-corrected chi connectivity index (χ4v) is 4.32. The highest BCUT2D eigenvalue weighted by molar-refractivity contribution is 7.09. The van der Waals surface area contributed by atoms with Gasteiger partial charge in [-0.25, -0.2) is 0 Å². The van der Waals surface area contributed by atoms with Crippen LogP contribution in [0.1, 0.15) is 52.9 Å². The van der Waals surface area contributed by atoms with E-state index in [0.717, 1.165) is 30.6 Å². The van der Waals surface area contributed by atoms with E-state index in [0.29, 0.717) is 12.3 Å². The Labute approximate surface area is 167 Å². The molecule has 0 aliphatic heterocycles. The van der Waals surface area contributed by atoms with Crippen molar-refractivity contribution in [2.24, 2.45) is 0 Å². The van der Waals surface area contributed by atoms with Gasteiger partial charge in [-0.2, -0.15) is 0 Å². The van der Waals surface area contributed by atoms with Gasteiger partial charge >= 0.3 is 0 Å². The van der Waals surface area contributed by atoms with Gasteiger partial charge in [-0.1, -0.05) is 18.9 Å². The van der Waals surface area contributed by atoms with Crippen LogP contribution in [0.3, 0.4) is 0 Å². The van der Waals surface area contributed by atoms with Gasteiger partial charge in [0.1, 0.15) is 5.76 Å². The van der Waals surface area contributed by atoms with Crippen LogP contribution in [-0.2, 0) is 11.3 Å². The lowest BCUT2D eigenvalue weighted by atomic mass is 10.1. The molecule has 28 heavy (non-hydrogen) atoms. The van der Waals surface area contributed by atoms with Gasteiger partial charge in [0.15, 0.2) is 11.8 Å². The first-order valence-corrected chi connectivity index (χ1v) is 10.3. The topological polar surface area (TPSA) is 75.7 Å². The lowest BCUT2D eigenvalue weighted by Crippen LogP contribution is -2.45. The van der Waals surface area contributed by atoms with Gasteiger partial charge in [0.2, 0.25) is 0 Å². The number of amides is 2. The highest BCUT2D eigenvalue weighted by Crippen LogP contribution is 2.28. The van der Waals surface area contributed by atoms with Gasteiger partial charge in [-0.05, 0) is 48.6 Å². The van der Waals surface area contributed by atoms with E-state index < -0.39 is 6.04 Å². The Morgan fingerprint density at radius 1 is 1.11 bits per heavy atom. The molecule has 1 fully saturated rings. The molecule has 0 radical (unpaired) electrons. The fourth-order valence-electron chi connectivity index (χ4n) is 3.61. The number of nitrogens with one attached hydrogen (secondary N) is 1. The van der Waals surface area contributed by atoms with Gasteiger partial charge in [0.05, 0.1) is 19.1 Å². The molecular formula is C21H22N2O4S. The van der Waals surface area contributed by atoms with Crippen molar-refractivity contribution in [3.05, 3.63) is 70.7 Å². The number of carbonyl (C=O) groups is 2. The normalized spacial score (nSPS) is 15.4. The summed E-state index contributed by atoms with van der Waals surface area (Å²) in [6.07, 6.45) is 7.13. The minimum atomic E-state index is -0.865. The van der Waals surface area contributed by atoms with E-state index in [2.05, 4.69) is 5.32 Å². The number of hydrogen-bond acceptors (Lipinski definition) is 5. The smallest absolute Gasteiger partial charge is 0.290 e. The lowest BCUT2D eigenvalue weighted by molar-refractivity contribution is -0.127. The second-order valence-electron chi connectivity index (χ2n) is 6.90. The van der Waals surface area contributed by atoms with E-state index in [4.69, 9.17) is 8.83 Å². The van der Waals surface area contributed by atoms with Crippen molar-refractivity contribution in [1.29, 1.82) is 0 Å². The van der Waals surface area contributed by atoms with Crippen molar-refractivity contribution in [3.63, 3.8) is 0 Å². The molecule has 3 aromatic rings. The standard InChI is InChI=1S/C21H22N2O4S/c24-20(22-15-6-1-2-7-15)19(17-9-3-11-26-17)23(14-16-8-5-13-28-16)21(25)18-10-4-12-27-18/h3-5,8-13,15,19H,1-2,6-7,14H2,(H,22,24). The summed E-state index contributed by atoms with van der Waals surface area (Å²) in [5, 5.41) is 5.06. The molecule has 1 atom stereocenters. The minimum absolute atomic E-state index is 0.146. The number of furan rings is 2. The third-order valence-electron chi connectivity index (χ3n) is 4.97. The van der Waals surface area contributed by atoms with Crippen molar-refractivity contribution >= 4 is 23.2 Å². The summed E-state index contributed by atoms with van der Waals surface area (Å²) in [6.45, 7) is 0.292. The third-order valence-corrected chi connectivity index (χ3v) is 5.83. The monoisotopic (exact) mass is 398 g/mol. The first-order valence-electron chi connectivity index (χ1n) is 9.43. The van der Waals surface area contributed by atoms with E-state index in [9.17, 15) is 9.59 Å². The predicted octanol–water partition coefficient (Wildman–Crippen LogP) is 4.38. The summed E-state index contributed by atoms with van der Waals surface area (Å²) in [5.41, 5.74) is 0. The Bertz CT molecular complexity index is 881. The molecule has 0 bridgehead atoms. The fraction of sp³-hybridized carbons (Fsp3) is 0.333. The maximum atomic E-state index is 13.2. The molecule has 0 saturated heterocycles. The maximum Gasteiger partial charge on any atom is 0.290 e. The number of nitrogens with zero attached hydrogens (tertiary/aromatic N) is 1. The number of hydrogen-bond donors (Lipinski definition) is 1. The molecule has 3 heterocycles. The summed E-state index contributed by atoms with van der Waals surface area (Å²) < 4.78 is 10.9. The highest BCUT2D eigenvalue weighted by Gasteiger charge is 2.36. The first kappa shape index (κ1) is 18.6. The van der Waals surface area contributed by atoms with Crippen LogP contribution in [-0.4, -0.2) is 22.8 Å². The molecule has 7 heteroatoms. The van der Waals surface area contributed by atoms with Crippen molar-refractivity contribution in [1.82, 2.24) is 10.2 Å². The van der Waals surface area contributed by atoms with Crippen molar-refractivity contribution in [3.8, 4) is 0 Å². The van der Waals surface area contributed by atoms with Crippen LogP contribution in [0.25, 0.3) is 0 Å². The molecule has 2 amide bonds. The summed E-state index contributed by atoms with van der Waals surface area (Å²) in [7, 11) is 0. The van der Waals surface area contributed by atoms with E-state index in [-0.39, 0.29) is 23.6 Å². The molecular weight excluding hydrogens is 376 g/mol. The molecule has 1 unspecified atom stereocenters. The van der Waals surface area contributed by atoms with E-state index >= 15 is 0 Å². The molecule has 1 N–H and O–H groups in total. The first-order chi connectivity index (χ1) is 13.7. The zero-order valence-electron chi connectivity index (χ0n) is 15.4. The van der Waals surface area contributed by atoms with E-state index in [1.807, 2.05) is 17.5 Å². The van der Waals surface area contributed by atoms with Crippen LogP contribution >= 0.6 is 11.3 Å². The Kier molecular flexibility index (Phi) is 5.62. The zero-order valence-corrected chi connectivity index (χ0v) is 16.2. The Morgan fingerprint density at radius 3 is 2.54 bits per heavy atom. The van der Waals surface area contributed by atoms with Crippen molar-refractivity contribution in [2.45, 2.75) is 44.3 Å². The van der Waals surface area contributed by atoms with Crippen molar-refractivity contribution < 1.29 is 18.4 Å². The highest BCUT2D eigenvalue weighted by atomic mass is 32.1. The second-order valence-corrected chi connectivity index (χ2v) is 7.93. The second kappa shape index (κ2) is 8.48. The SMILES string of the molecule is O=C(NC1CCCC1)C(c1ccco1)N(Cc1cccs1)C(=O)c1ccco1. The van der Waals surface area contributed by atoms with Crippen LogP contribution in [0, 0.1) is 0 Å². The molecule has 1 aliphatic rings. The van der Waals surface area contributed by atoms with Crippen LogP contribution < -0.4 is 5.32 Å². The summed E-state index contributed by atoms with van der Waals surface area (Å²) in [5.74, 6) is 0.0634. The zero-order chi connectivity index (χ0) is 19.3. The average molecular weight is 398 g/mol. The maximum absolute atomic E-state index is 13.2. The number of thiophene rings is 1. The van der Waals surface area contributed by atoms with E-state index in [1.165, 1.54) is 28.8 Å². The molecule has 3 aromatic heterocycles. The molecule has 1 aliphatic carbocycles. The number of rotatable bonds is 7. The minimum Gasteiger partial charge on any atom is -0.467 e. The Morgan fingerprint density at radius 2 is 1.89 bits per heavy atom. The largest absolute Gasteiger partial charge is 0.467 e. The summed E-state index contributed by atoms with van der Waals surface area (Å²) >= 11 is 1.54. The van der Waals surface area contributed by atoms with E-state index in [1.54, 1.807) is 24.3 Å². The van der Waals surface area contributed by atoms with Crippen LogP contribution in [0.5, 0.6) is 0 Å². The average Bonchev–Trinajstić information content (AvgIpc) is 3.50. The van der Waals surface area contributed by atoms with Crippen LogP contribution in [0.2, 0.25) is 0 Å². The molecule has 146 valence electrons. The molecule has 4 rings (SSSR count). The van der Waals surface area contributed by atoms with Crippen LogP contribution in [0.4, 0.5) is 0 Å². The van der Waals surface area contributed by atoms with Crippen LogP contribution in [0.15, 0.2) is 63.1 Å². The molecule has 0 spiro atoms. The molecule has 6 nitrogen and oxygen atoms in total. The molecule has 1 saturated carbocycles.